The van der Waals surface area contributed by atoms with E-state index >= 15 is 0 Å². The van der Waals surface area contributed by atoms with Crippen molar-refractivity contribution in [2.45, 2.75) is 13.1 Å². The van der Waals surface area contributed by atoms with E-state index in [2.05, 4.69) is 20.3 Å². The maximum Gasteiger partial charge on any atom is 0.417 e. The van der Waals surface area contributed by atoms with Gasteiger partial charge in [-0.15, -0.1) is 0 Å². The van der Waals surface area contributed by atoms with E-state index in [0.29, 0.717) is 29.1 Å². The zero-order valence-electron chi connectivity index (χ0n) is 13.4. The number of carbonyl (C=O) groups excluding carboxylic acids is 1. The Bertz CT molecular complexity index is 949. The van der Waals surface area contributed by atoms with Crippen LogP contribution < -0.4 is 5.32 Å². The molecule has 130 valence electrons. The van der Waals surface area contributed by atoms with E-state index in [1.807, 2.05) is 0 Å². The maximum atomic E-state index is 12.9. The van der Waals surface area contributed by atoms with Crippen molar-refractivity contribution in [2.24, 2.45) is 7.05 Å². The third-order valence-electron chi connectivity index (χ3n) is 3.68. The molecule has 3 rings (SSSR count). The summed E-state index contributed by atoms with van der Waals surface area (Å²) in [6.45, 7) is 2.22. The van der Waals surface area contributed by atoms with Gasteiger partial charge in [-0.1, -0.05) is 0 Å². The molecule has 9 heteroatoms. The van der Waals surface area contributed by atoms with E-state index in [-0.39, 0.29) is 11.4 Å². The highest BCUT2D eigenvalue weighted by atomic mass is 19.4. The number of halogens is 3. The molecule has 3 aromatic rings. The lowest BCUT2D eigenvalue weighted by molar-refractivity contribution is -0.137. The number of nitrogens with zero attached hydrogens (tertiary/aromatic N) is 4. The van der Waals surface area contributed by atoms with Crippen LogP contribution in [-0.4, -0.2) is 32.0 Å². The minimum atomic E-state index is -4.50. The number of fused-ring (bicyclic) bond motifs is 1. The Kier molecular flexibility index (Phi) is 4.15. The van der Waals surface area contributed by atoms with Crippen molar-refractivity contribution in [3.8, 4) is 11.4 Å². The van der Waals surface area contributed by atoms with Crippen LogP contribution in [0.2, 0.25) is 0 Å². The largest absolute Gasteiger partial charge is 0.417 e. The molecule has 0 saturated carbocycles. The maximum absolute atomic E-state index is 12.9. The van der Waals surface area contributed by atoms with Crippen LogP contribution >= 0.6 is 0 Å². The second kappa shape index (κ2) is 6.15. The summed E-state index contributed by atoms with van der Waals surface area (Å²) in [4.78, 5) is 24.3. The summed E-state index contributed by atoms with van der Waals surface area (Å²) in [7, 11) is 1.63. The molecule has 0 aliphatic rings. The molecule has 1 N–H and O–H groups in total. The van der Waals surface area contributed by atoms with E-state index in [0.717, 1.165) is 12.3 Å². The minimum absolute atomic E-state index is 0.103. The van der Waals surface area contributed by atoms with Crippen LogP contribution in [0.3, 0.4) is 0 Å². The van der Waals surface area contributed by atoms with Crippen molar-refractivity contribution >= 4 is 17.1 Å². The van der Waals surface area contributed by atoms with Crippen LogP contribution in [0.15, 0.2) is 30.7 Å². The van der Waals surface area contributed by atoms with Crippen molar-refractivity contribution in [3.05, 3.63) is 41.9 Å². The normalized spacial score (nSPS) is 11.7. The first-order valence-corrected chi connectivity index (χ1v) is 7.45. The van der Waals surface area contributed by atoms with Gasteiger partial charge in [0.2, 0.25) is 0 Å². The fourth-order valence-electron chi connectivity index (χ4n) is 2.50. The Hall–Kier alpha value is -2.97. The molecule has 0 aromatic carbocycles. The molecule has 0 radical (unpaired) electrons. The van der Waals surface area contributed by atoms with Crippen molar-refractivity contribution in [3.63, 3.8) is 0 Å². The number of imidazole rings is 1. The van der Waals surface area contributed by atoms with E-state index in [4.69, 9.17) is 0 Å². The number of hydrogen-bond donors (Lipinski definition) is 1. The second-order valence-corrected chi connectivity index (χ2v) is 5.34. The van der Waals surface area contributed by atoms with Crippen LogP contribution in [0.1, 0.15) is 22.8 Å². The first-order chi connectivity index (χ1) is 11.8. The number of hydrogen-bond acceptors (Lipinski definition) is 4. The molecule has 0 aliphatic carbocycles. The highest BCUT2D eigenvalue weighted by Crippen LogP contribution is 2.32. The quantitative estimate of drug-likeness (QED) is 0.789. The van der Waals surface area contributed by atoms with Gasteiger partial charge in [0.1, 0.15) is 11.3 Å². The lowest BCUT2D eigenvalue weighted by Crippen LogP contribution is -2.23. The Balaban J connectivity index is 2.17. The summed E-state index contributed by atoms with van der Waals surface area (Å²) in [6.07, 6.45) is -0.840. The highest BCUT2D eigenvalue weighted by molar-refractivity contribution is 6.00. The van der Waals surface area contributed by atoms with Crippen LogP contribution in [0.25, 0.3) is 22.6 Å². The highest BCUT2D eigenvalue weighted by Gasteiger charge is 2.32. The summed E-state index contributed by atoms with van der Waals surface area (Å²) in [5.74, 6) is 0.00655. The van der Waals surface area contributed by atoms with Gasteiger partial charge >= 0.3 is 6.18 Å². The summed E-state index contributed by atoms with van der Waals surface area (Å²) in [5.41, 5.74) is 0.282. The van der Waals surface area contributed by atoms with Gasteiger partial charge in [0.15, 0.2) is 5.65 Å². The molecule has 0 atom stereocenters. The smallest absolute Gasteiger partial charge is 0.352 e. The van der Waals surface area contributed by atoms with Gasteiger partial charge in [-0.25, -0.2) is 9.97 Å². The summed E-state index contributed by atoms with van der Waals surface area (Å²) < 4.78 is 40.1. The lowest BCUT2D eigenvalue weighted by Gasteiger charge is -2.08. The fraction of sp³-hybridized carbons (Fsp3) is 0.250. The molecule has 0 saturated heterocycles. The van der Waals surface area contributed by atoms with Crippen LogP contribution in [-0.2, 0) is 13.2 Å². The average molecular weight is 349 g/mol. The number of rotatable bonds is 3. The van der Waals surface area contributed by atoms with Gasteiger partial charge in [0, 0.05) is 37.7 Å². The Morgan fingerprint density at radius 1 is 1.32 bits per heavy atom. The molecular formula is C16H14F3N5O. The number of aryl methyl sites for hydroxylation is 1. The molecular weight excluding hydrogens is 335 g/mol. The van der Waals surface area contributed by atoms with Gasteiger partial charge in [0.05, 0.1) is 11.1 Å². The topological polar surface area (TPSA) is 72.7 Å². The monoisotopic (exact) mass is 349 g/mol. The zero-order chi connectivity index (χ0) is 18.2. The molecule has 0 unspecified atom stereocenters. The van der Waals surface area contributed by atoms with Crippen molar-refractivity contribution in [1.29, 1.82) is 0 Å². The Morgan fingerprint density at radius 3 is 2.76 bits per heavy atom. The number of alkyl halides is 3. The second-order valence-electron chi connectivity index (χ2n) is 5.34. The van der Waals surface area contributed by atoms with Gasteiger partial charge in [0.25, 0.3) is 5.91 Å². The predicted molar refractivity (Wildman–Crippen MR) is 84.7 cm³/mol. The number of amides is 1. The third-order valence-corrected chi connectivity index (χ3v) is 3.68. The fourth-order valence-corrected chi connectivity index (χ4v) is 2.50. The summed E-state index contributed by atoms with van der Waals surface area (Å²) in [6, 6.07) is 2.54. The van der Waals surface area contributed by atoms with Crippen LogP contribution in [0, 0.1) is 0 Å². The number of nitrogens with one attached hydrogen (secondary N) is 1. The molecule has 0 spiro atoms. The molecule has 0 fully saturated rings. The van der Waals surface area contributed by atoms with Crippen molar-refractivity contribution in [2.75, 3.05) is 6.54 Å². The van der Waals surface area contributed by atoms with Gasteiger partial charge in [-0.05, 0) is 19.1 Å². The third kappa shape index (κ3) is 3.04. The van der Waals surface area contributed by atoms with E-state index in [1.54, 1.807) is 24.6 Å². The van der Waals surface area contributed by atoms with Crippen molar-refractivity contribution < 1.29 is 18.0 Å². The number of pyridine rings is 2. The molecule has 0 aliphatic heterocycles. The van der Waals surface area contributed by atoms with E-state index in [9.17, 15) is 18.0 Å². The zero-order valence-corrected chi connectivity index (χ0v) is 13.4. The van der Waals surface area contributed by atoms with E-state index < -0.39 is 11.7 Å². The molecule has 3 heterocycles. The molecule has 0 bridgehead atoms. The first kappa shape index (κ1) is 16.9. The molecule has 6 nitrogen and oxygen atoms in total. The van der Waals surface area contributed by atoms with Crippen LogP contribution in [0.5, 0.6) is 0 Å². The Labute approximate surface area is 140 Å². The van der Waals surface area contributed by atoms with Crippen LogP contribution in [0.4, 0.5) is 13.2 Å². The number of carbonyl (C=O) groups is 1. The van der Waals surface area contributed by atoms with Gasteiger partial charge < -0.3 is 9.88 Å². The van der Waals surface area contributed by atoms with Gasteiger partial charge in [-0.3, -0.25) is 9.78 Å². The molecule has 1 amide bonds. The standard InChI is InChI=1S/C16H14F3N5O/c1-3-21-15(25)11-8-20-5-4-10(11)13-23-12-6-9(16(17,18)19)7-22-14(12)24(13)2/h4-8H,3H2,1-2H3,(H,21,25). The van der Waals surface area contributed by atoms with Crippen molar-refractivity contribution in [1.82, 2.24) is 24.8 Å². The molecule has 25 heavy (non-hydrogen) atoms. The van der Waals surface area contributed by atoms with E-state index in [1.165, 1.54) is 12.4 Å². The summed E-state index contributed by atoms with van der Waals surface area (Å²) >= 11 is 0. The lowest BCUT2D eigenvalue weighted by atomic mass is 10.1. The predicted octanol–water partition coefficient (Wildman–Crippen LogP) is 2.80. The molecule has 3 aromatic heterocycles. The minimum Gasteiger partial charge on any atom is -0.352 e. The number of aromatic nitrogens is 4. The Morgan fingerprint density at radius 2 is 2.08 bits per heavy atom. The average Bonchev–Trinajstić information content (AvgIpc) is 2.90. The first-order valence-electron chi connectivity index (χ1n) is 7.45. The summed E-state index contributed by atoms with van der Waals surface area (Å²) in [5, 5.41) is 2.67. The SMILES string of the molecule is CCNC(=O)c1cnccc1-c1nc2cc(C(F)(F)F)cnc2n1C. The van der Waals surface area contributed by atoms with Gasteiger partial charge in [-0.2, -0.15) is 13.2 Å².